The number of rotatable bonds is 4. The number of furan rings is 1. The van der Waals surface area contributed by atoms with E-state index >= 15 is 0 Å². The molecule has 3 aromatic rings. The lowest BCUT2D eigenvalue weighted by atomic mass is 10.1. The van der Waals surface area contributed by atoms with Crippen molar-refractivity contribution in [2.24, 2.45) is 5.10 Å². The Kier molecular flexibility index (Phi) is 4.49. The third-order valence-corrected chi connectivity index (χ3v) is 3.67. The number of fused-ring (bicyclic) bond motifs is 1. The average Bonchev–Trinajstić information content (AvgIpc) is 2.96. The van der Waals surface area contributed by atoms with Gasteiger partial charge in [0.1, 0.15) is 5.76 Å². The van der Waals surface area contributed by atoms with Crippen LogP contribution in [-0.4, -0.2) is 17.0 Å². The van der Waals surface area contributed by atoms with Crippen molar-refractivity contribution in [3.05, 3.63) is 74.5 Å². The molecule has 0 saturated heterocycles. The molecule has 1 heterocycles. The summed E-state index contributed by atoms with van der Waals surface area (Å²) in [5.74, 6) is -0.119. The molecule has 0 aliphatic heterocycles. The van der Waals surface area contributed by atoms with Crippen LogP contribution in [0.1, 0.15) is 21.7 Å². The molecule has 2 aromatic carbocycles. The molecule has 7 nitrogen and oxygen atoms in total. The van der Waals surface area contributed by atoms with Crippen molar-refractivity contribution < 1.29 is 14.1 Å². The number of benzene rings is 2. The van der Waals surface area contributed by atoms with Gasteiger partial charge in [0.05, 0.1) is 11.1 Å². The summed E-state index contributed by atoms with van der Waals surface area (Å²) in [6, 6.07) is 11.2. The third-order valence-electron chi connectivity index (χ3n) is 3.42. The minimum Gasteiger partial charge on any atom is -0.448 e. The lowest BCUT2D eigenvalue weighted by Gasteiger charge is -1.98. The molecule has 1 amide bonds. The van der Waals surface area contributed by atoms with Crippen LogP contribution in [-0.2, 0) is 0 Å². The van der Waals surface area contributed by atoms with Gasteiger partial charge in [0.15, 0.2) is 0 Å². The predicted octanol–water partition coefficient (Wildman–Crippen LogP) is 4.07. The summed E-state index contributed by atoms with van der Waals surface area (Å²) in [5, 5.41) is 16.0. The minimum atomic E-state index is -0.498. The molecule has 0 atom stereocenters. The smallest absolute Gasteiger partial charge is 0.312 e. The molecule has 1 N–H and O–H groups in total. The number of non-ortho nitro benzene ring substituents is 1. The molecule has 0 unspecified atom stereocenters. The van der Waals surface area contributed by atoms with E-state index in [4.69, 9.17) is 16.0 Å². The Morgan fingerprint density at radius 2 is 2.00 bits per heavy atom. The van der Waals surface area contributed by atoms with Gasteiger partial charge in [-0.1, -0.05) is 11.6 Å². The van der Waals surface area contributed by atoms with Crippen LogP contribution >= 0.6 is 11.6 Å². The first-order valence-electron chi connectivity index (χ1n) is 7.21. The molecule has 8 heteroatoms. The number of hydrogen-bond donors (Lipinski definition) is 1. The van der Waals surface area contributed by atoms with Crippen molar-refractivity contribution in [3.63, 3.8) is 0 Å². The number of hydrogen-bond acceptors (Lipinski definition) is 5. The molecule has 0 saturated carbocycles. The molecular formula is C17H12ClN3O4. The molecule has 25 heavy (non-hydrogen) atoms. The van der Waals surface area contributed by atoms with Gasteiger partial charge in [0, 0.05) is 22.0 Å². The number of aryl methyl sites for hydroxylation is 1. The average molecular weight is 358 g/mol. The minimum absolute atomic E-state index is 0.111. The lowest BCUT2D eigenvalue weighted by molar-refractivity contribution is -0.383. The number of carbonyl (C=O) groups is 1. The summed E-state index contributed by atoms with van der Waals surface area (Å²) in [4.78, 5) is 22.5. The highest BCUT2D eigenvalue weighted by Gasteiger charge is 2.17. The monoisotopic (exact) mass is 357 g/mol. The summed E-state index contributed by atoms with van der Waals surface area (Å²) in [5.41, 5.74) is 3.56. The Bertz CT molecular complexity index is 993. The zero-order chi connectivity index (χ0) is 18.0. The summed E-state index contributed by atoms with van der Waals surface area (Å²) in [6.45, 7) is 1.76. The van der Waals surface area contributed by atoms with E-state index in [0.717, 1.165) is 5.56 Å². The maximum absolute atomic E-state index is 11.9. The summed E-state index contributed by atoms with van der Waals surface area (Å²) < 4.78 is 5.46. The molecule has 1 aromatic heterocycles. The maximum atomic E-state index is 11.9. The van der Waals surface area contributed by atoms with E-state index in [1.807, 2.05) is 0 Å². The molecule has 3 rings (SSSR count). The summed E-state index contributed by atoms with van der Waals surface area (Å²) >= 11 is 5.76. The Hall–Kier alpha value is -3.19. The SMILES string of the molecule is Cc1cc([N+](=O)[O-])c2oc(/C=N/NC(=O)c3ccc(Cl)cc3)cc2c1. The van der Waals surface area contributed by atoms with E-state index in [-0.39, 0.29) is 11.3 Å². The molecular weight excluding hydrogens is 346 g/mol. The maximum Gasteiger partial charge on any atom is 0.312 e. The van der Waals surface area contributed by atoms with Crippen LogP contribution in [0.25, 0.3) is 11.0 Å². The second-order valence-corrected chi connectivity index (χ2v) is 5.75. The highest BCUT2D eigenvalue weighted by Crippen LogP contribution is 2.29. The molecule has 0 radical (unpaired) electrons. The van der Waals surface area contributed by atoms with Gasteiger partial charge in [-0.25, -0.2) is 5.43 Å². The Labute approximate surface area is 147 Å². The van der Waals surface area contributed by atoms with E-state index in [1.54, 1.807) is 43.3 Å². The normalized spacial score (nSPS) is 11.1. The van der Waals surface area contributed by atoms with Crippen LogP contribution in [0, 0.1) is 17.0 Å². The predicted molar refractivity (Wildman–Crippen MR) is 94.1 cm³/mol. The zero-order valence-corrected chi connectivity index (χ0v) is 13.8. The molecule has 0 aliphatic rings. The van der Waals surface area contributed by atoms with Crippen molar-refractivity contribution in [2.45, 2.75) is 6.92 Å². The van der Waals surface area contributed by atoms with Gasteiger partial charge in [0.25, 0.3) is 5.91 Å². The second kappa shape index (κ2) is 6.74. The standard InChI is InChI=1S/C17H12ClN3O4/c1-10-6-12-8-14(25-16(12)15(7-10)21(23)24)9-19-20-17(22)11-2-4-13(18)5-3-11/h2-9H,1H3,(H,20,22)/b19-9+. The van der Waals surface area contributed by atoms with E-state index in [9.17, 15) is 14.9 Å². The van der Waals surface area contributed by atoms with Gasteiger partial charge < -0.3 is 4.42 Å². The van der Waals surface area contributed by atoms with Crippen molar-refractivity contribution >= 4 is 40.4 Å². The van der Waals surface area contributed by atoms with Crippen molar-refractivity contribution in [1.29, 1.82) is 0 Å². The van der Waals surface area contributed by atoms with E-state index < -0.39 is 10.8 Å². The van der Waals surface area contributed by atoms with Crippen LogP contribution in [0.3, 0.4) is 0 Å². The van der Waals surface area contributed by atoms with Crippen LogP contribution < -0.4 is 5.43 Å². The number of hydrazone groups is 1. The largest absolute Gasteiger partial charge is 0.448 e. The van der Waals surface area contributed by atoms with Crippen LogP contribution in [0.4, 0.5) is 5.69 Å². The van der Waals surface area contributed by atoms with Gasteiger partial charge in [-0.15, -0.1) is 0 Å². The molecule has 0 fully saturated rings. The number of carbonyl (C=O) groups excluding carboxylic acids is 1. The number of nitro groups is 1. The Morgan fingerprint density at radius 3 is 2.68 bits per heavy atom. The van der Waals surface area contributed by atoms with Crippen molar-refractivity contribution in [3.8, 4) is 0 Å². The quantitative estimate of drug-likeness (QED) is 0.432. The lowest BCUT2D eigenvalue weighted by Crippen LogP contribution is -2.17. The van der Waals surface area contributed by atoms with E-state index in [1.165, 1.54) is 12.3 Å². The number of nitrogens with one attached hydrogen (secondary N) is 1. The van der Waals surface area contributed by atoms with Crippen LogP contribution in [0.2, 0.25) is 5.02 Å². The number of amides is 1. The van der Waals surface area contributed by atoms with Gasteiger partial charge in [-0.2, -0.15) is 5.10 Å². The fourth-order valence-corrected chi connectivity index (χ4v) is 2.45. The molecule has 0 aliphatic carbocycles. The fourth-order valence-electron chi connectivity index (χ4n) is 2.32. The van der Waals surface area contributed by atoms with E-state index in [2.05, 4.69) is 10.5 Å². The van der Waals surface area contributed by atoms with Gasteiger partial charge in [-0.05, 0) is 48.9 Å². The summed E-state index contributed by atoms with van der Waals surface area (Å²) in [7, 11) is 0. The highest BCUT2D eigenvalue weighted by molar-refractivity contribution is 6.30. The Balaban J connectivity index is 1.79. The van der Waals surface area contributed by atoms with Crippen molar-refractivity contribution in [2.75, 3.05) is 0 Å². The molecule has 126 valence electrons. The number of nitrogens with zero attached hydrogens (tertiary/aromatic N) is 2. The Morgan fingerprint density at radius 1 is 1.28 bits per heavy atom. The molecule has 0 spiro atoms. The number of halogens is 1. The zero-order valence-electron chi connectivity index (χ0n) is 13.0. The first-order valence-corrected chi connectivity index (χ1v) is 7.59. The van der Waals surface area contributed by atoms with Crippen molar-refractivity contribution in [1.82, 2.24) is 5.43 Å². The van der Waals surface area contributed by atoms with E-state index in [0.29, 0.717) is 21.7 Å². The number of nitro benzene ring substituents is 1. The molecule has 0 bridgehead atoms. The third kappa shape index (κ3) is 3.67. The topological polar surface area (TPSA) is 97.7 Å². The first-order chi connectivity index (χ1) is 11.9. The van der Waals surface area contributed by atoms with Crippen LogP contribution in [0.5, 0.6) is 0 Å². The van der Waals surface area contributed by atoms with Gasteiger partial charge >= 0.3 is 5.69 Å². The van der Waals surface area contributed by atoms with Gasteiger partial charge in [0.2, 0.25) is 5.58 Å². The van der Waals surface area contributed by atoms with Crippen LogP contribution in [0.15, 0.2) is 52.0 Å². The first kappa shape index (κ1) is 16.7. The second-order valence-electron chi connectivity index (χ2n) is 5.31. The summed E-state index contributed by atoms with van der Waals surface area (Å²) in [6.07, 6.45) is 1.28. The fraction of sp³-hybridized carbons (Fsp3) is 0.0588. The van der Waals surface area contributed by atoms with Gasteiger partial charge in [-0.3, -0.25) is 14.9 Å². The highest BCUT2D eigenvalue weighted by atomic mass is 35.5.